The van der Waals surface area contributed by atoms with Crippen LogP contribution in [-0.4, -0.2) is 28.3 Å². The lowest BCUT2D eigenvalue weighted by Gasteiger charge is -2.15. The van der Waals surface area contributed by atoms with Crippen LogP contribution in [-0.2, 0) is 13.2 Å². The number of methoxy groups -OCH3 is 1. The van der Waals surface area contributed by atoms with Gasteiger partial charge in [0.2, 0.25) is 5.88 Å². The molecule has 0 aliphatic heterocycles. The third-order valence-electron chi connectivity index (χ3n) is 3.73. The van der Waals surface area contributed by atoms with E-state index in [1.165, 1.54) is 0 Å². The fourth-order valence-electron chi connectivity index (χ4n) is 2.43. The number of ether oxygens (including phenoxy) is 3. The van der Waals surface area contributed by atoms with Gasteiger partial charge in [-0.15, -0.1) is 0 Å². The van der Waals surface area contributed by atoms with Gasteiger partial charge in [-0.25, -0.2) is 9.97 Å². The summed E-state index contributed by atoms with van der Waals surface area (Å²) >= 11 is 2.32. The highest BCUT2D eigenvalue weighted by Gasteiger charge is 2.12. The average molecular weight is 465 g/mol. The van der Waals surface area contributed by atoms with E-state index < -0.39 is 0 Å². The summed E-state index contributed by atoms with van der Waals surface area (Å²) < 4.78 is 20.0. The number of pyridine rings is 1. The molecule has 1 aromatic carbocycles. The summed E-state index contributed by atoms with van der Waals surface area (Å²) in [5.74, 6) is 2.05. The van der Waals surface area contributed by atoms with Crippen molar-refractivity contribution in [3.8, 4) is 17.4 Å². The molecule has 2 heterocycles. The maximum absolute atomic E-state index is 5.99. The second-order valence-corrected chi connectivity index (χ2v) is 6.72. The van der Waals surface area contributed by atoms with Crippen LogP contribution in [0.1, 0.15) is 18.1 Å². The number of benzene rings is 1. The van der Waals surface area contributed by atoms with Crippen molar-refractivity contribution in [1.29, 1.82) is 0 Å². The summed E-state index contributed by atoms with van der Waals surface area (Å²) in [4.78, 5) is 8.29. The normalized spacial score (nSPS) is 10.6. The third-order valence-corrected chi connectivity index (χ3v) is 4.73. The Balaban J connectivity index is 1.77. The molecule has 26 heavy (non-hydrogen) atoms. The van der Waals surface area contributed by atoms with Gasteiger partial charge in [0.15, 0.2) is 11.5 Å². The van der Waals surface area contributed by atoms with Crippen LogP contribution in [0.2, 0.25) is 0 Å². The Morgan fingerprint density at radius 3 is 2.65 bits per heavy atom. The molecular weight excluding hydrogens is 445 g/mol. The van der Waals surface area contributed by atoms with Crippen molar-refractivity contribution in [2.75, 3.05) is 13.7 Å². The first kappa shape index (κ1) is 18.5. The Labute approximate surface area is 166 Å². The van der Waals surface area contributed by atoms with Crippen molar-refractivity contribution in [1.82, 2.24) is 14.5 Å². The summed E-state index contributed by atoms with van der Waals surface area (Å²) in [5, 5.41) is 0. The summed E-state index contributed by atoms with van der Waals surface area (Å²) in [6.45, 7) is 3.69. The zero-order valence-electron chi connectivity index (χ0n) is 14.7. The largest absolute Gasteiger partial charge is 0.490 e. The van der Waals surface area contributed by atoms with E-state index in [0.717, 1.165) is 32.7 Å². The number of aromatic nitrogens is 3. The highest BCUT2D eigenvalue weighted by atomic mass is 127. The molecule has 0 spiro atoms. The minimum absolute atomic E-state index is 0.411. The first-order chi connectivity index (χ1) is 12.7. The first-order valence-electron chi connectivity index (χ1n) is 8.22. The number of rotatable bonds is 8. The van der Waals surface area contributed by atoms with Crippen LogP contribution in [0.3, 0.4) is 0 Å². The van der Waals surface area contributed by atoms with Crippen molar-refractivity contribution >= 4 is 22.6 Å². The van der Waals surface area contributed by atoms with E-state index in [1.54, 1.807) is 25.8 Å². The number of imidazole rings is 1. The molecule has 0 fully saturated rings. The first-order valence-corrected chi connectivity index (χ1v) is 9.30. The molecule has 2 aromatic heterocycles. The summed E-state index contributed by atoms with van der Waals surface area (Å²) in [7, 11) is 1.60. The quantitative estimate of drug-likeness (QED) is 0.473. The van der Waals surface area contributed by atoms with Crippen LogP contribution < -0.4 is 14.2 Å². The van der Waals surface area contributed by atoms with E-state index in [9.17, 15) is 0 Å². The smallest absolute Gasteiger partial charge is 0.212 e. The Hall–Kier alpha value is -2.29. The van der Waals surface area contributed by atoms with E-state index in [2.05, 4.69) is 32.6 Å². The van der Waals surface area contributed by atoms with Gasteiger partial charge in [0.05, 0.1) is 20.0 Å². The minimum atomic E-state index is 0.411. The van der Waals surface area contributed by atoms with Crippen LogP contribution in [0.5, 0.6) is 17.4 Å². The Morgan fingerprint density at radius 1 is 1.15 bits per heavy atom. The number of halogens is 1. The van der Waals surface area contributed by atoms with Crippen molar-refractivity contribution in [2.24, 2.45) is 0 Å². The van der Waals surface area contributed by atoms with Gasteiger partial charge in [-0.2, -0.15) is 0 Å². The molecule has 0 atom stereocenters. The van der Waals surface area contributed by atoms with Gasteiger partial charge < -0.3 is 18.8 Å². The van der Waals surface area contributed by atoms with E-state index >= 15 is 0 Å². The standard InChI is InChI=1S/C19H20IN3O3/c1-3-25-17-8-15(11-23-7-6-21-13-23)16(20)9-18(17)26-12-14-4-5-19(24-2)22-10-14/h4-10,13H,3,11-12H2,1-2H3. The lowest BCUT2D eigenvalue weighted by atomic mass is 10.2. The lowest BCUT2D eigenvalue weighted by Crippen LogP contribution is -2.04. The second-order valence-electron chi connectivity index (χ2n) is 5.56. The van der Waals surface area contributed by atoms with E-state index in [-0.39, 0.29) is 0 Å². The van der Waals surface area contributed by atoms with E-state index in [1.807, 2.05) is 42.0 Å². The molecule has 0 amide bonds. The van der Waals surface area contributed by atoms with E-state index in [0.29, 0.717) is 19.1 Å². The molecule has 6 nitrogen and oxygen atoms in total. The molecular formula is C19H20IN3O3. The van der Waals surface area contributed by atoms with Gasteiger partial charge in [0.1, 0.15) is 6.61 Å². The molecule has 0 saturated carbocycles. The molecule has 3 rings (SSSR count). The lowest BCUT2D eigenvalue weighted by molar-refractivity contribution is 0.268. The van der Waals surface area contributed by atoms with Crippen LogP contribution in [0.25, 0.3) is 0 Å². The van der Waals surface area contributed by atoms with Crippen LogP contribution in [0.4, 0.5) is 0 Å². The maximum atomic E-state index is 5.99. The maximum Gasteiger partial charge on any atom is 0.212 e. The fraction of sp³-hybridized carbons (Fsp3) is 0.263. The molecule has 3 aromatic rings. The third kappa shape index (κ3) is 4.66. The molecule has 0 radical (unpaired) electrons. The average Bonchev–Trinajstić information content (AvgIpc) is 3.17. The highest BCUT2D eigenvalue weighted by Crippen LogP contribution is 2.33. The number of nitrogens with zero attached hydrogens (tertiary/aromatic N) is 3. The van der Waals surface area contributed by atoms with Gasteiger partial charge in [0, 0.05) is 40.3 Å². The Bertz CT molecular complexity index is 836. The fourth-order valence-corrected chi connectivity index (χ4v) is 3.04. The van der Waals surface area contributed by atoms with Gasteiger partial charge in [-0.05, 0) is 53.3 Å². The van der Waals surface area contributed by atoms with Gasteiger partial charge in [-0.1, -0.05) is 0 Å². The topological polar surface area (TPSA) is 58.4 Å². The van der Waals surface area contributed by atoms with Crippen molar-refractivity contribution in [3.05, 3.63) is 63.9 Å². The molecule has 136 valence electrons. The summed E-state index contributed by atoms with van der Waals surface area (Å²) in [6.07, 6.45) is 7.27. The van der Waals surface area contributed by atoms with E-state index in [4.69, 9.17) is 14.2 Å². The van der Waals surface area contributed by atoms with Crippen LogP contribution in [0.15, 0.2) is 49.2 Å². The molecule has 7 heteroatoms. The molecule has 0 aliphatic rings. The summed E-state index contributed by atoms with van der Waals surface area (Å²) in [5.41, 5.74) is 2.12. The van der Waals surface area contributed by atoms with Crippen LogP contribution in [0, 0.1) is 3.57 Å². The SMILES string of the molecule is CCOc1cc(Cn2ccnc2)c(I)cc1OCc1ccc(OC)nc1. The second kappa shape index (κ2) is 8.88. The molecule has 0 N–H and O–H groups in total. The Morgan fingerprint density at radius 2 is 2.00 bits per heavy atom. The zero-order valence-corrected chi connectivity index (χ0v) is 16.8. The molecule has 0 saturated heterocycles. The molecule has 0 aliphatic carbocycles. The van der Waals surface area contributed by atoms with Crippen molar-refractivity contribution < 1.29 is 14.2 Å². The molecule has 0 unspecified atom stereocenters. The van der Waals surface area contributed by atoms with Gasteiger partial charge in [0.25, 0.3) is 0 Å². The predicted octanol–water partition coefficient (Wildman–Crippen LogP) is 3.92. The van der Waals surface area contributed by atoms with Crippen LogP contribution >= 0.6 is 22.6 Å². The zero-order chi connectivity index (χ0) is 18.4. The number of hydrogen-bond donors (Lipinski definition) is 0. The highest BCUT2D eigenvalue weighted by molar-refractivity contribution is 14.1. The summed E-state index contributed by atoms with van der Waals surface area (Å²) in [6, 6.07) is 7.80. The predicted molar refractivity (Wildman–Crippen MR) is 107 cm³/mol. The van der Waals surface area contributed by atoms with Crippen molar-refractivity contribution in [3.63, 3.8) is 0 Å². The Kier molecular flexibility index (Phi) is 6.32. The minimum Gasteiger partial charge on any atom is -0.490 e. The molecule has 0 bridgehead atoms. The van der Waals surface area contributed by atoms with Crippen molar-refractivity contribution in [2.45, 2.75) is 20.1 Å². The number of hydrogen-bond acceptors (Lipinski definition) is 5. The van der Waals surface area contributed by atoms with Gasteiger partial charge >= 0.3 is 0 Å². The monoisotopic (exact) mass is 465 g/mol. The van der Waals surface area contributed by atoms with Gasteiger partial charge in [-0.3, -0.25) is 0 Å².